The fraction of sp³-hybridized carbons (Fsp3) is 0.333. The predicted molar refractivity (Wildman–Crippen MR) is 96.3 cm³/mol. The van der Waals surface area contributed by atoms with E-state index in [-0.39, 0.29) is 5.41 Å². The Morgan fingerprint density at radius 2 is 0.952 bits per heavy atom. The Labute approximate surface area is 128 Å². The summed E-state index contributed by atoms with van der Waals surface area (Å²) < 4.78 is 0. The van der Waals surface area contributed by atoms with Gasteiger partial charge < -0.3 is 0 Å². The zero-order valence-electron chi connectivity index (χ0n) is 14.1. The van der Waals surface area contributed by atoms with Gasteiger partial charge in [0.25, 0.3) is 0 Å². The molecule has 0 bridgehead atoms. The summed E-state index contributed by atoms with van der Waals surface area (Å²) in [4.78, 5) is 0. The molecule has 0 radical (unpaired) electrons. The topological polar surface area (TPSA) is 0 Å². The van der Waals surface area contributed by atoms with Crippen molar-refractivity contribution >= 4 is 21.5 Å². The van der Waals surface area contributed by atoms with Crippen LogP contribution in [0.3, 0.4) is 0 Å². The van der Waals surface area contributed by atoms with Crippen molar-refractivity contribution in [2.45, 2.75) is 47.0 Å². The lowest BCUT2D eigenvalue weighted by molar-refractivity contribution is 0.663. The molecule has 0 amide bonds. The molecular formula is C21H26. The highest BCUT2D eigenvalue weighted by Crippen LogP contribution is 2.48. The van der Waals surface area contributed by atoms with Gasteiger partial charge in [-0.15, -0.1) is 0 Å². The van der Waals surface area contributed by atoms with Crippen molar-refractivity contribution in [3.63, 3.8) is 0 Å². The first-order valence-electron chi connectivity index (χ1n) is 8.15. The first-order valence-corrected chi connectivity index (χ1v) is 8.15. The van der Waals surface area contributed by atoms with Crippen molar-refractivity contribution < 1.29 is 0 Å². The second-order valence-corrected chi connectivity index (χ2v) is 5.50. The van der Waals surface area contributed by atoms with E-state index in [0.29, 0.717) is 0 Å². The molecule has 0 heterocycles. The molecule has 0 heteroatoms. The first-order chi connectivity index (χ1) is 10.2. The van der Waals surface area contributed by atoms with Crippen LogP contribution in [0.4, 0.5) is 0 Å². The SMILES string of the molecule is CC.CC.CC1(C)c2cccc3ccc4cccc1c4c23. The molecule has 0 spiro atoms. The first kappa shape index (κ1) is 15.6. The third-order valence-electron chi connectivity index (χ3n) is 4.23. The highest BCUT2D eigenvalue weighted by molar-refractivity contribution is 6.14. The smallest absolute Gasteiger partial charge is 0.0159 e. The van der Waals surface area contributed by atoms with Crippen LogP contribution in [0.2, 0.25) is 0 Å². The van der Waals surface area contributed by atoms with E-state index in [1.807, 2.05) is 27.7 Å². The number of rotatable bonds is 0. The highest BCUT2D eigenvalue weighted by Gasteiger charge is 2.33. The van der Waals surface area contributed by atoms with Gasteiger partial charge in [-0.2, -0.15) is 0 Å². The van der Waals surface area contributed by atoms with Crippen molar-refractivity contribution in [2.75, 3.05) is 0 Å². The van der Waals surface area contributed by atoms with Gasteiger partial charge in [0, 0.05) is 5.41 Å². The van der Waals surface area contributed by atoms with E-state index in [9.17, 15) is 0 Å². The number of hydrogen-bond donors (Lipinski definition) is 0. The minimum absolute atomic E-state index is 0.142. The van der Waals surface area contributed by atoms with Crippen LogP contribution in [0.1, 0.15) is 52.7 Å². The van der Waals surface area contributed by atoms with E-state index in [1.54, 1.807) is 0 Å². The average molecular weight is 278 g/mol. The van der Waals surface area contributed by atoms with Gasteiger partial charge in [0.2, 0.25) is 0 Å². The lowest BCUT2D eigenvalue weighted by Gasteiger charge is -2.21. The average Bonchev–Trinajstić information content (AvgIpc) is 2.80. The maximum Gasteiger partial charge on any atom is 0.0159 e. The monoisotopic (exact) mass is 278 g/mol. The Morgan fingerprint density at radius 3 is 1.33 bits per heavy atom. The molecule has 0 aromatic heterocycles. The third kappa shape index (κ3) is 2.14. The second-order valence-electron chi connectivity index (χ2n) is 5.50. The standard InChI is InChI=1S/C17H14.2C2H6/c1-17(2)13-7-3-5-11-9-10-12-6-4-8-14(17)16(12)15(11)13;2*1-2/h3-10H,1-2H3;2*1-2H3. The molecule has 0 saturated carbocycles. The van der Waals surface area contributed by atoms with E-state index in [1.165, 1.54) is 32.7 Å². The maximum atomic E-state index is 2.33. The molecule has 0 nitrogen and oxygen atoms in total. The molecular weight excluding hydrogens is 252 g/mol. The van der Waals surface area contributed by atoms with Crippen LogP contribution >= 0.6 is 0 Å². The van der Waals surface area contributed by atoms with Crippen LogP contribution < -0.4 is 0 Å². The van der Waals surface area contributed by atoms with Gasteiger partial charge in [-0.1, -0.05) is 90.1 Å². The zero-order valence-corrected chi connectivity index (χ0v) is 14.1. The maximum absolute atomic E-state index is 2.33. The van der Waals surface area contributed by atoms with E-state index >= 15 is 0 Å². The molecule has 3 aromatic carbocycles. The minimum atomic E-state index is 0.142. The van der Waals surface area contributed by atoms with Crippen molar-refractivity contribution in [2.24, 2.45) is 0 Å². The summed E-state index contributed by atoms with van der Waals surface area (Å²) in [6.07, 6.45) is 0. The summed E-state index contributed by atoms with van der Waals surface area (Å²) >= 11 is 0. The lowest BCUT2D eigenvalue weighted by Crippen LogP contribution is -2.14. The minimum Gasteiger partial charge on any atom is -0.0683 e. The molecule has 4 rings (SSSR count). The molecule has 1 aliphatic carbocycles. The highest BCUT2D eigenvalue weighted by atomic mass is 14.4. The quantitative estimate of drug-likeness (QED) is 0.402. The van der Waals surface area contributed by atoms with Crippen LogP contribution in [-0.2, 0) is 5.41 Å². The van der Waals surface area contributed by atoms with Crippen molar-refractivity contribution in [3.05, 3.63) is 59.7 Å². The molecule has 0 atom stereocenters. The number of benzene rings is 3. The van der Waals surface area contributed by atoms with E-state index in [4.69, 9.17) is 0 Å². The van der Waals surface area contributed by atoms with Gasteiger partial charge in [0.05, 0.1) is 0 Å². The van der Waals surface area contributed by atoms with Crippen LogP contribution in [0, 0.1) is 0 Å². The van der Waals surface area contributed by atoms with Gasteiger partial charge in [-0.25, -0.2) is 0 Å². The lowest BCUT2D eigenvalue weighted by atomic mass is 9.82. The largest absolute Gasteiger partial charge is 0.0683 e. The summed E-state index contributed by atoms with van der Waals surface area (Å²) in [5, 5.41) is 5.66. The van der Waals surface area contributed by atoms with Crippen LogP contribution in [-0.4, -0.2) is 0 Å². The van der Waals surface area contributed by atoms with E-state index in [2.05, 4.69) is 62.4 Å². The van der Waals surface area contributed by atoms with Gasteiger partial charge in [0.15, 0.2) is 0 Å². The molecule has 0 aliphatic heterocycles. The Morgan fingerprint density at radius 1 is 0.571 bits per heavy atom. The Bertz CT molecular complexity index is 699. The van der Waals surface area contributed by atoms with Crippen molar-refractivity contribution in [1.82, 2.24) is 0 Å². The summed E-state index contributed by atoms with van der Waals surface area (Å²) in [6.45, 7) is 12.7. The van der Waals surface area contributed by atoms with Gasteiger partial charge in [-0.3, -0.25) is 0 Å². The van der Waals surface area contributed by atoms with Crippen LogP contribution in [0.25, 0.3) is 21.5 Å². The molecule has 3 aromatic rings. The molecule has 21 heavy (non-hydrogen) atoms. The predicted octanol–water partition coefficient (Wildman–Crippen LogP) is 6.68. The summed E-state index contributed by atoms with van der Waals surface area (Å²) in [7, 11) is 0. The Balaban J connectivity index is 0.000000374. The third-order valence-corrected chi connectivity index (χ3v) is 4.23. The molecule has 0 N–H and O–H groups in total. The molecule has 110 valence electrons. The van der Waals surface area contributed by atoms with E-state index < -0.39 is 0 Å². The molecule has 0 saturated heterocycles. The zero-order chi connectivity index (χ0) is 15.6. The van der Waals surface area contributed by atoms with Crippen LogP contribution in [0.15, 0.2) is 48.5 Å². The fourth-order valence-electron chi connectivity index (χ4n) is 3.34. The van der Waals surface area contributed by atoms with Crippen molar-refractivity contribution in [3.8, 4) is 0 Å². The Kier molecular flexibility index (Phi) is 4.37. The summed E-state index contributed by atoms with van der Waals surface area (Å²) in [5.41, 5.74) is 3.09. The summed E-state index contributed by atoms with van der Waals surface area (Å²) in [5.74, 6) is 0. The Hall–Kier alpha value is -1.82. The molecule has 0 fully saturated rings. The van der Waals surface area contributed by atoms with Crippen molar-refractivity contribution in [1.29, 1.82) is 0 Å². The number of hydrogen-bond acceptors (Lipinski definition) is 0. The molecule has 1 aliphatic rings. The van der Waals surface area contributed by atoms with Gasteiger partial charge >= 0.3 is 0 Å². The van der Waals surface area contributed by atoms with Gasteiger partial charge in [0.1, 0.15) is 0 Å². The van der Waals surface area contributed by atoms with Crippen LogP contribution in [0.5, 0.6) is 0 Å². The molecule has 0 unspecified atom stereocenters. The normalized spacial score (nSPS) is 13.6. The van der Waals surface area contributed by atoms with E-state index in [0.717, 1.165) is 0 Å². The van der Waals surface area contributed by atoms with Gasteiger partial charge in [-0.05, 0) is 32.7 Å². The second kappa shape index (κ2) is 5.89. The fourth-order valence-corrected chi connectivity index (χ4v) is 3.34. The summed E-state index contributed by atoms with van der Waals surface area (Å²) in [6, 6.07) is 17.8.